The van der Waals surface area contributed by atoms with E-state index in [1.165, 1.54) is 27.5 Å². The predicted octanol–water partition coefficient (Wildman–Crippen LogP) is 2.70. The molecule has 168 valence electrons. The van der Waals surface area contributed by atoms with Gasteiger partial charge >= 0.3 is 0 Å². The van der Waals surface area contributed by atoms with Crippen LogP contribution >= 0.6 is 15.9 Å². The number of aryl methyl sites for hydroxylation is 1. The number of methoxy groups -OCH3 is 3. The molecule has 31 heavy (non-hydrogen) atoms. The third kappa shape index (κ3) is 6.34. The topological polar surface area (TPSA) is 107 Å². The smallest absolute Gasteiger partial charge is 0.260 e. The van der Waals surface area contributed by atoms with Gasteiger partial charge in [0, 0.05) is 0 Å². The van der Waals surface area contributed by atoms with E-state index in [1.54, 1.807) is 30.3 Å². The number of amides is 1. The Labute approximate surface area is 190 Å². The Morgan fingerprint density at radius 1 is 1.13 bits per heavy atom. The standard InChI is InChI=1S/C20H24BrN3O6S/c1-13-6-7-17(28-2)16(8-13)24(31(5,26)27)12-19(25)23-22-11-14-9-15(21)20(30-4)18(10-14)29-3/h6-11H,12H2,1-5H3,(H,23,25)/b22-11-. The highest BCUT2D eigenvalue weighted by atomic mass is 79.9. The summed E-state index contributed by atoms with van der Waals surface area (Å²) in [4.78, 5) is 12.4. The summed E-state index contributed by atoms with van der Waals surface area (Å²) in [5.74, 6) is 0.728. The number of nitrogens with one attached hydrogen (secondary N) is 1. The van der Waals surface area contributed by atoms with Crippen molar-refractivity contribution in [2.24, 2.45) is 5.10 Å². The molecule has 0 saturated carbocycles. The van der Waals surface area contributed by atoms with Crippen molar-refractivity contribution >= 4 is 43.8 Å². The minimum absolute atomic E-state index is 0.271. The number of benzene rings is 2. The van der Waals surface area contributed by atoms with Crippen LogP contribution in [0.25, 0.3) is 0 Å². The lowest BCUT2D eigenvalue weighted by molar-refractivity contribution is -0.119. The summed E-state index contributed by atoms with van der Waals surface area (Å²) in [6.07, 6.45) is 2.43. The van der Waals surface area contributed by atoms with Gasteiger partial charge in [0.15, 0.2) is 11.5 Å². The van der Waals surface area contributed by atoms with E-state index in [-0.39, 0.29) is 5.69 Å². The van der Waals surface area contributed by atoms with E-state index in [9.17, 15) is 13.2 Å². The lowest BCUT2D eigenvalue weighted by atomic mass is 10.2. The molecular formula is C20H24BrN3O6S. The van der Waals surface area contributed by atoms with E-state index in [0.717, 1.165) is 16.1 Å². The molecule has 11 heteroatoms. The highest BCUT2D eigenvalue weighted by Gasteiger charge is 2.24. The minimum atomic E-state index is -3.76. The number of rotatable bonds is 9. The molecule has 2 aromatic rings. The number of hydrazone groups is 1. The second-order valence-electron chi connectivity index (χ2n) is 6.48. The Morgan fingerprint density at radius 2 is 1.81 bits per heavy atom. The molecule has 0 atom stereocenters. The Kier molecular flexibility index (Phi) is 8.28. The quantitative estimate of drug-likeness (QED) is 0.408. The van der Waals surface area contributed by atoms with Crippen molar-refractivity contribution in [2.45, 2.75) is 6.92 Å². The van der Waals surface area contributed by atoms with E-state index in [0.29, 0.717) is 27.3 Å². The summed E-state index contributed by atoms with van der Waals surface area (Å²) >= 11 is 3.38. The number of nitrogens with zero attached hydrogens (tertiary/aromatic N) is 2. The number of carbonyl (C=O) groups excluding carboxylic acids is 1. The highest BCUT2D eigenvalue weighted by Crippen LogP contribution is 2.35. The first-order valence-electron chi connectivity index (χ1n) is 8.96. The predicted molar refractivity (Wildman–Crippen MR) is 123 cm³/mol. The van der Waals surface area contributed by atoms with Gasteiger partial charge in [-0.1, -0.05) is 6.07 Å². The summed E-state index contributed by atoms with van der Waals surface area (Å²) in [5.41, 5.74) is 4.06. The summed E-state index contributed by atoms with van der Waals surface area (Å²) in [5, 5.41) is 3.91. The fraction of sp³-hybridized carbons (Fsp3) is 0.300. The van der Waals surface area contributed by atoms with E-state index in [1.807, 2.05) is 6.92 Å². The van der Waals surface area contributed by atoms with Crippen LogP contribution in [0, 0.1) is 6.92 Å². The fourth-order valence-corrected chi connectivity index (χ4v) is 4.21. The van der Waals surface area contributed by atoms with Crippen molar-refractivity contribution in [3.05, 3.63) is 45.9 Å². The Bertz CT molecular complexity index is 1090. The molecule has 0 heterocycles. The Morgan fingerprint density at radius 3 is 2.39 bits per heavy atom. The zero-order valence-corrected chi connectivity index (χ0v) is 20.2. The van der Waals surface area contributed by atoms with Gasteiger partial charge in [0.1, 0.15) is 12.3 Å². The number of anilines is 1. The Balaban J connectivity index is 2.20. The Hall–Kier alpha value is -2.79. The van der Waals surface area contributed by atoms with Crippen LogP contribution in [0.15, 0.2) is 39.9 Å². The van der Waals surface area contributed by atoms with Gasteiger partial charge in [-0.3, -0.25) is 9.10 Å². The molecular weight excluding hydrogens is 490 g/mol. The zero-order chi connectivity index (χ0) is 23.2. The monoisotopic (exact) mass is 513 g/mol. The third-order valence-electron chi connectivity index (χ3n) is 4.15. The van der Waals surface area contributed by atoms with Crippen LogP contribution < -0.4 is 23.9 Å². The van der Waals surface area contributed by atoms with Crippen molar-refractivity contribution < 1.29 is 27.4 Å². The fourth-order valence-electron chi connectivity index (χ4n) is 2.73. The number of hydrogen-bond acceptors (Lipinski definition) is 7. The average Bonchev–Trinajstić information content (AvgIpc) is 2.70. The van der Waals surface area contributed by atoms with Crippen LogP contribution in [0.3, 0.4) is 0 Å². The van der Waals surface area contributed by atoms with Crippen LogP contribution in [-0.4, -0.2) is 54.7 Å². The van der Waals surface area contributed by atoms with Crippen LogP contribution in [0.1, 0.15) is 11.1 Å². The van der Waals surface area contributed by atoms with Gasteiger partial charge in [0.05, 0.1) is 44.0 Å². The third-order valence-corrected chi connectivity index (χ3v) is 5.86. The molecule has 0 aromatic heterocycles. The lowest BCUT2D eigenvalue weighted by Gasteiger charge is -2.23. The molecule has 1 N–H and O–H groups in total. The molecule has 0 saturated heterocycles. The molecule has 0 aliphatic carbocycles. The molecule has 1 amide bonds. The lowest BCUT2D eigenvalue weighted by Crippen LogP contribution is -2.39. The van der Waals surface area contributed by atoms with Gasteiger partial charge in [-0.2, -0.15) is 5.10 Å². The van der Waals surface area contributed by atoms with Gasteiger partial charge in [-0.25, -0.2) is 13.8 Å². The average molecular weight is 514 g/mol. The van der Waals surface area contributed by atoms with Crippen LogP contribution in [0.5, 0.6) is 17.2 Å². The molecule has 2 aromatic carbocycles. The van der Waals surface area contributed by atoms with Crippen molar-refractivity contribution in [1.82, 2.24) is 5.43 Å². The number of ether oxygens (including phenoxy) is 3. The summed E-state index contributed by atoms with van der Waals surface area (Å²) in [6.45, 7) is 1.35. The molecule has 0 fully saturated rings. The molecule has 0 radical (unpaired) electrons. The number of halogens is 1. The van der Waals surface area contributed by atoms with Crippen LogP contribution in [0.4, 0.5) is 5.69 Å². The van der Waals surface area contributed by atoms with Crippen molar-refractivity contribution in [3.8, 4) is 17.2 Å². The van der Waals surface area contributed by atoms with Crippen molar-refractivity contribution in [1.29, 1.82) is 0 Å². The number of sulfonamides is 1. The minimum Gasteiger partial charge on any atom is -0.495 e. The SMILES string of the molecule is COc1ccc(C)cc1N(CC(=O)N/N=C\c1cc(Br)c(OC)c(OC)c1)S(C)(=O)=O. The maximum atomic E-state index is 12.4. The van der Waals surface area contributed by atoms with Crippen molar-refractivity contribution in [3.63, 3.8) is 0 Å². The van der Waals surface area contributed by atoms with E-state index < -0.39 is 22.5 Å². The normalized spacial score (nSPS) is 11.3. The zero-order valence-electron chi connectivity index (χ0n) is 17.8. The second-order valence-corrected chi connectivity index (χ2v) is 9.24. The molecule has 0 aliphatic rings. The van der Waals surface area contributed by atoms with Gasteiger partial charge in [0.2, 0.25) is 10.0 Å². The summed E-state index contributed by atoms with van der Waals surface area (Å²) in [7, 11) is 0.700. The van der Waals surface area contributed by atoms with Crippen LogP contribution in [-0.2, 0) is 14.8 Å². The molecule has 2 rings (SSSR count). The molecule has 0 unspecified atom stereocenters. The first-order chi connectivity index (χ1) is 14.6. The number of carbonyl (C=O) groups is 1. The second kappa shape index (κ2) is 10.5. The van der Waals surface area contributed by atoms with E-state index in [4.69, 9.17) is 14.2 Å². The molecule has 0 spiro atoms. The maximum absolute atomic E-state index is 12.4. The highest BCUT2D eigenvalue weighted by molar-refractivity contribution is 9.10. The van der Waals surface area contributed by atoms with E-state index >= 15 is 0 Å². The molecule has 9 nitrogen and oxygen atoms in total. The summed E-state index contributed by atoms with van der Waals surface area (Å²) < 4.78 is 42.1. The maximum Gasteiger partial charge on any atom is 0.260 e. The molecule has 0 bridgehead atoms. The van der Waals surface area contributed by atoms with Gasteiger partial charge in [-0.05, 0) is 58.2 Å². The molecule has 0 aliphatic heterocycles. The number of hydrogen-bond donors (Lipinski definition) is 1. The van der Waals surface area contributed by atoms with Gasteiger partial charge in [-0.15, -0.1) is 0 Å². The largest absolute Gasteiger partial charge is 0.495 e. The summed E-state index contributed by atoms with van der Waals surface area (Å²) in [6, 6.07) is 8.48. The van der Waals surface area contributed by atoms with E-state index in [2.05, 4.69) is 26.5 Å². The van der Waals surface area contributed by atoms with Crippen molar-refractivity contribution in [2.75, 3.05) is 38.4 Å². The first kappa shape index (κ1) is 24.5. The van der Waals surface area contributed by atoms with Crippen LogP contribution in [0.2, 0.25) is 0 Å². The van der Waals surface area contributed by atoms with Gasteiger partial charge < -0.3 is 14.2 Å². The first-order valence-corrected chi connectivity index (χ1v) is 11.6. The van der Waals surface area contributed by atoms with Gasteiger partial charge in [0.25, 0.3) is 5.91 Å².